The molecule has 1 N–H and O–H groups in total. The number of carbonyl (C=O) groups excluding carboxylic acids is 1. The highest BCUT2D eigenvalue weighted by atomic mass is 32.1. The first-order valence-electron chi connectivity index (χ1n) is 6.32. The lowest BCUT2D eigenvalue weighted by Crippen LogP contribution is -2.11. The molecule has 112 valence electrons. The highest BCUT2D eigenvalue weighted by molar-refractivity contribution is 7.10. The number of ether oxygens (including phenoxy) is 1. The van der Waals surface area contributed by atoms with Crippen molar-refractivity contribution in [1.82, 2.24) is 0 Å². The average molecular weight is 311 g/mol. The van der Waals surface area contributed by atoms with E-state index < -0.39 is 17.6 Å². The van der Waals surface area contributed by atoms with E-state index in [1.165, 1.54) is 0 Å². The maximum absolute atomic E-state index is 13.8. The van der Waals surface area contributed by atoms with Crippen LogP contribution in [0, 0.1) is 18.6 Å². The molecule has 1 unspecified atom stereocenters. The largest absolute Gasteiger partial charge is 0.465 e. The summed E-state index contributed by atoms with van der Waals surface area (Å²) in [5, 5.41) is 4.91. The maximum Gasteiger partial charge on any atom is 0.340 e. The van der Waals surface area contributed by atoms with Crippen LogP contribution < -0.4 is 5.32 Å². The number of benzene rings is 1. The van der Waals surface area contributed by atoms with Crippen LogP contribution in [-0.4, -0.2) is 13.1 Å². The third-order valence-electron chi connectivity index (χ3n) is 3.13. The standard InChI is InChI=1S/C15H15F2NO2S/c1-8-4-5-21-14(8)9(2)18-13-6-10(15(19)20-3)11(16)7-12(13)17/h4-7,9,18H,1-3H3. The number of methoxy groups -OCH3 is 1. The van der Waals surface area contributed by atoms with Gasteiger partial charge in [-0.3, -0.25) is 0 Å². The Morgan fingerprint density at radius 3 is 2.62 bits per heavy atom. The van der Waals surface area contributed by atoms with E-state index >= 15 is 0 Å². The molecule has 21 heavy (non-hydrogen) atoms. The lowest BCUT2D eigenvalue weighted by molar-refractivity contribution is 0.0595. The molecule has 0 aliphatic heterocycles. The van der Waals surface area contributed by atoms with Gasteiger partial charge in [-0.05, 0) is 36.9 Å². The number of anilines is 1. The zero-order chi connectivity index (χ0) is 15.6. The van der Waals surface area contributed by atoms with Crippen molar-refractivity contribution in [3.8, 4) is 0 Å². The number of aryl methyl sites for hydroxylation is 1. The first kappa shape index (κ1) is 15.4. The Balaban J connectivity index is 2.32. The van der Waals surface area contributed by atoms with Gasteiger partial charge in [-0.25, -0.2) is 13.6 Å². The van der Waals surface area contributed by atoms with E-state index in [0.29, 0.717) is 6.07 Å². The van der Waals surface area contributed by atoms with Crippen LogP contribution in [0.25, 0.3) is 0 Å². The van der Waals surface area contributed by atoms with Crippen LogP contribution in [-0.2, 0) is 4.74 Å². The highest BCUT2D eigenvalue weighted by Gasteiger charge is 2.18. The molecule has 0 bridgehead atoms. The quantitative estimate of drug-likeness (QED) is 0.856. The van der Waals surface area contributed by atoms with Crippen molar-refractivity contribution in [3.63, 3.8) is 0 Å². The summed E-state index contributed by atoms with van der Waals surface area (Å²) in [6.45, 7) is 3.84. The van der Waals surface area contributed by atoms with Crippen LogP contribution in [0.3, 0.4) is 0 Å². The smallest absolute Gasteiger partial charge is 0.340 e. The summed E-state index contributed by atoms with van der Waals surface area (Å²) in [5.41, 5.74) is 0.865. The van der Waals surface area contributed by atoms with Crippen LogP contribution in [0.2, 0.25) is 0 Å². The molecular formula is C15H15F2NO2S. The van der Waals surface area contributed by atoms with Crippen molar-refractivity contribution in [2.45, 2.75) is 19.9 Å². The highest BCUT2D eigenvalue weighted by Crippen LogP contribution is 2.29. The van der Waals surface area contributed by atoms with E-state index in [-0.39, 0.29) is 17.3 Å². The Hall–Kier alpha value is -1.95. The number of thiophene rings is 1. The third-order valence-corrected chi connectivity index (χ3v) is 4.33. The van der Waals surface area contributed by atoms with Gasteiger partial charge in [0.1, 0.15) is 11.6 Å². The average Bonchev–Trinajstić information content (AvgIpc) is 2.87. The molecule has 0 spiro atoms. The fourth-order valence-corrected chi connectivity index (χ4v) is 2.99. The molecule has 0 aliphatic rings. The molecule has 0 amide bonds. The first-order chi connectivity index (χ1) is 9.93. The molecule has 6 heteroatoms. The minimum atomic E-state index is -0.940. The van der Waals surface area contributed by atoms with E-state index in [1.54, 1.807) is 11.3 Å². The number of hydrogen-bond donors (Lipinski definition) is 1. The topological polar surface area (TPSA) is 38.3 Å². The van der Waals surface area contributed by atoms with Crippen LogP contribution in [0.15, 0.2) is 23.6 Å². The van der Waals surface area contributed by atoms with Gasteiger partial charge >= 0.3 is 5.97 Å². The fourth-order valence-electron chi connectivity index (χ4n) is 2.05. The molecule has 0 aliphatic carbocycles. The summed E-state index contributed by atoms with van der Waals surface area (Å²) in [6.07, 6.45) is 0. The van der Waals surface area contributed by atoms with Crippen molar-refractivity contribution in [3.05, 3.63) is 51.2 Å². The normalized spacial score (nSPS) is 12.0. The SMILES string of the molecule is COC(=O)c1cc(NC(C)c2sccc2C)c(F)cc1F. The number of nitrogens with one attached hydrogen (secondary N) is 1. The first-order valence-corrected chi connectivity index (χ1v) is 7.20. The predicted molar refractivity (Wildman–Crippen MR) is 78.8 cm³/mol. The van der Waals surface area contributed by atoms with Gasteiger partial charge in [-0.15, -0.1) is 11.3 Å². The van der Waals surface area contributed by atoms with Gasteiger partial charge in [0.2, 0.25) is 0 Å². The van der Waals surface area contributed by atoms with Gasteiger partial charge in [-0.1, -0.05) is 0 Å². The van der Waals surface area contributed by atoms with E-state index in [0.717, 1.165) is 23.6 Å². The Bertz CT molecular complexity index is 670. The molecule has 1 aromatic carbocycles. The van der Waals surface area contributed by atoms with Crippen LogP contribution in [0.4, 0.5) is 14.5 Å². The molecule has 2 aromatic rings. The van der Waals surface area contributed by atoms with Crippen LogP contribution in [0.1, 0.15) is 33.8 Å². The van der Waals surface area contributed by atoms with Gasteiger partial charge in [0.15, 0.2) is 0 Å². The third kappa shape index (κ3) is 3.21. The number of rotatable bonds is 4. The predicted octanol–water partition coefficient (Wildman–Crippen LogP) is 4.29. The Morgan fingerprint density at radius 1 is 1.33 bits per heavy atom. The van der Waals surface area contributed by atoms with Crippen molar-refractivity contribution in [2.24, 2.45) is 0 Å². The summed E-state index contributed by atoms with van der Waals surface area (Å²) in [5.74, 6) is -2.53. The summed E-state index contributed by atoms with van der Waals surface area (Å²) < 4.78 is 31.9. The van der Waals surface area contributed by atoms with Gasteiger partial charge in [-0.2, -0.15) is 0 Å². The molecule has 1 heterocycles. The van der Waals surface area contributed by atoms with Gasteiger partial charge in [0, 0.05) is 10.9 Å². The zero-order valence-corrected chi connectivity index (χ0v) is 12.7. The molecule has 1 atom stereocenters. The number of carbonyl (C=O) groups is 1. The van der Waals surface area contributed by atoms with Crippen molar-refractivity contribution >= 4 is 23.0 Å². The Morgan fingerprint density at radius 2 is 2.05 bits per heavy atom. The molecule has 0 radical (unpaired) electrons. The van der Waals surface area contributed by atoms with Crippen molar-refractivity contribution in [1.29, 1.82) is 0 Å². The van der Waals surface area contributed by atoms with Crippen LogP contribution in [0.5, 0.6) is 0 Å². The lowest BCUT2D eigenvalue weighted by atomic mass is 10.1. The Labute approximate surface area is 125 Å². The molecule has 0 saturated heterocycles. The lowest BCUT2D eigenvalue weighted by Gasteiger charge is -2.16. The minimum Gasteiger partial charge on any atom is -0.465 e. The van der Waals surface area contributed by atoms with E-state index in [2.05, 4.69) is 10.1 Å². The summed E-state index contributed by atoms with van der Waals surface area (Å²) in [6, 6.07) is 3.63. The summed E-state index contributed by atoms with van der Waals surface area (Å²) in [7, 11) is 1.15. The van der Waals surface area contributed by atoms with Gasteiger partial charge in [0.05, 0.1) is 24.4 Å². The minimum absolute atomic E-state index is 0.0668. The van der Waals surface area contributed by atoms with E-state index in [9.17, 15) is 13.6 Å². The second-order valence-electron chi connectivity index (χ2n) is 4.64. The monoisotopic (exact) mass is 311 g/mol. The van der Waals surface area contributed by atoms with Crippen molar-refractivity contribution < 1.29 is 18.3 Å². The molecular weight excluding hydrogens is 296 g/mol. The zero-order valence-electron chi connectivity index (χ0n) is 11.9. The van der Waals surface area contributed by atoms with Gasteiger partial charge < -0.3 is 10.1 Å². The maximum atomic E-state index is 13.8. The van der Waals surface area contributed by atoms with Crippen LogP contribution >= 0.6 is 11.3 Å². The summed E-state index contributed by atoms with van der Waals surface area (Å²) in [4.78, 5) is 12.5. The molecule has 0 fully saturated rings. The van der Waals surface area contributed by atoms with Crippen molar-refractivity contribution in [2.75, 3.05) is 12.4 Å². The number of halogens is 2. The number of esters is 1. The molecule has 3 nitrogen and oxygen atoms in total. The summed E-state index contributed by atoms with van der Waals surface area (Å²) >= 11 is 1.55. The van der Waals surface area contributed by atoms with E-state index in [1.807, 2.05) is 25.3 Å². The molecule has 1 aromatic heterocycles. The Kier molecular flexibility index (Phi) is 4.57. The molecule has 2 rings (SSSR count). The second-order valence-corrected chi connectivity index (χ2v) is 5.59. The number of hydrogen-bond acceptors (Lipinski definition) is 4. The van der Waals surface area contributed by atoms with Gasteiger partial charge in [0.25, 0.3) is 0 Å². The molecule has 0 saturated carbocycles. The fraction of sp³-hybridized carbons (Fsp3) is 0.267. The van der Waals surface area contributed by atoms with E-state index in [4.69, 9.17) is 0 Å². The second kappa shape index (κ2) is 6.22.